The van der Waals surface area contributed by atoms with Gasteiger partial charge in [-0.3, -0.25) is 4.79 Å². The van der Waals surface area contributed by atoms with E-state index in [0.29, 0.717) is 16.5 Å². The highest BCUT2D eigenvalue weighted by Gasteiger charge is 2.15. The number of imidazole rings is 1. The number of benzene rings is 1. The van der Waals surface area contributed by atoms with Crippen molar-refractivity contribution in [2.75, 3.05) is 0 Å². The molecule has 108 valence electrons. The van der Waals surface area contributed by atoms with Gasteiger partial charge in [-0.15, -0.1) is 12.4 Å². The van der Waals surface area contributed by atoms with Crippen LogP contribution >= 0.6 is 35.6 Å². The Labute approximate surface area is 133 Å². The minimum absolute atomic E-state index is 0. The van der Waals surface area contributed by atoms with Crippen molar-refractivity contribution in [3.05, 3.63) is 52.0 Å². The normalized spacial score (nSPS) is 11.8. The second kappa shape index (κ2) is 7.64. The first-order valence-corrected chi connectivity index (χ1v) is 6.51. The lowest BCUT2D eigenvalue weighted by atomic mass is 10.0. The Bertz CT molecular complexity index is 572. The van der Waals surface area contributed by atoms with Crippen LogP contribution in [-0.2, 0) is 17.6 Å². The van der Waals surface area contributed by atoms with Crippen molar-refractivity contribution >= 4 is 41.4 Å². The molecule has 0 saturated heterocycles. The van der Waals surface area contributed by atoms with E-state index < -0.39 is 6.04 Å². The van der Waals surface area contributed by atoms with E-state index in [9.17, 15) is 4.79 Å². The van der Waals surface area contributed by atoms with Crippen LogP contribution in [0.1, 0.15) is 11.3 Å². The molecule has 0 spiro atoms. The van der Waals surface area contributed by atoms with Gasteiger partial charge in [-0.05, 0) is 17.7 Å². The molecule has 0 saturated carbocycles. The fourth-order valence-electron chi connectivity index (χ4n) is 1.73. The van der Waals surface area contributed by atoms with Gasteiger partial charge in [-0.1, -0.05) is 29.3 Å². The van der Waals surface area contributed by atoms with Gasteiger partial charge in [0.1, 0.15) is 0 Å². The molecule has 0 aliphatic rings. The maximum Gasteiger partial charge on any atom is 0.154 e. The molecule has 0 unspecified atom stereocenters. The lowest BCUT2D eigenvalue weighted by Crippen LogP contribution is -2.34. The third-order valence-corrected chi connectivity index (χ3v) is 3.51. The van der Waals surface area contributed by atoms with Gasteiger partial charge in [0.25, 0.3) is 0 Å². The van der Waals surface area contributed by atoms with Gasteiger partial charge in [-0.2, -0.15) is 0 Å². The smallest absolute Gasteiger partial charge is 0.154 e. The molecule has 1 atom stereocenters. The zero-order valence-electron chi connectivity index (χ0n) is 10.5. The van der Waals surface area contributed by atoms with Crippen LogP contribution in [0, 0.1) is 0 Å². The van der Waals surface area contributed by atoms with Crippen molar-refractivity contribution < 1.29 is 4.79 Å². The number of nitrogens with two attached hydrogens (primary N) is 1. The van der Waals surface area contributed by atoms with Crippen molar-refractivity contribution in [1.29, 1.82) is 0 Å². The Kier molecular flexibility index (Phi) is 6.49. The fourth-order valence-corrected chi connectivity index (χ4v) is 2.05. The molecule has 1 heterocycles. The summed E-state index contributed by atoms with van der Waals surface area (Å²) in [6.45, 7) is 0. The van der Waals surface area contributed by atoms with Crippen LogP contribution in [0.4, 0.5) is 0 Å². The maximum atomic E-state index is 12.0. The van der Waals surface area contributed by atoms with Gasteiger partial charge >= 0.3 is 0 Å². The van der Waals surface area contributed by atoms with E-state index in [4.69, 9.17) is 28.9 Å². The van der Waals surface area contributed by atoms with Crippen molar-refractivity contribution in [2.45, 2.75) is 18.9 Å². The van der Waals surface area contributed by atoms with Gasteiger partial charge in [-0.25, -0.2) is 4.98 Å². The molecule has 1 aromatic heterocycles. The number of nitrogens with zero attached hydrogens (tertiary/aromatic N) is 1. The lowest BCUT2D eigenvalue weighted by Gasteiger charge is -2.09. The molecule has 0 radical (unpaired) electrons. The van der Waals surface area contributed by atoms with Crippen molar-refractivity contribution in [3.8, 4) is 0 Å². The summed E-state index contributed by atoms with van der Waals surface area (Å²) in [5.41, 5.74) is 7.52. The second-order valence-electron chi connectivity index (χ2n) is 4.28. The maximum absolute atomic E-state index is 12.0. The zero-order chi connectivity index (χ0) is 13.8. The Morgan fingerprint density at radius 1 is 1.35 bits per heavy atom. The predicted molar refractivity (Wildman–Crippen MR) is 82.7 cm³/mol. The monoisotopic (exact) mass is 333 g/mol. The van der Waals surface area contributed by atoms with Gasteiger partial charge < -0.3 is 10.7 Å². The van der Waals surface area contributed by atoms with Gasteiger partial charge in [0, 0.05) is 24.7 Å². The Morgan fingerprint density at radius 3 is 2.70 bits per heavy atom. The van der Waals surface area contributed by atoms with E-state index in [1.54, 1.807) is 30.7 Å². The molecule has 20 heavy (non-hydrogen) atoms. The predicted octanol–water partition coefficient (Wildman–Crippen LogP) is 2.82. The van der Waals surface area contributed by atoms with Crippen molar-refractivity contribution in [1.82, 2.24) is 9.97 Å². The number of nitrogens with one attached hydrogen (secondary N) is 1. The number of aromatic nitrogens is 2. The number of rotatable bonds is 5. The van der Waals surface area contributed by atoms with Crippen molar-refractivity contribution in [2.24, 2.45) is 5.73 Å². The summed E-state index contributed by atoms with van der Waals surface area (Å²) in [6.07, 6.45) is 3.91. The summed E-state index contributed by atoms with van der Waals surface area (Å²) in [5.74, 6) is -0.0482. The largest absolute Gasteiger partial charge is 0.348 e. The molecule has 0 aliphatic heterocycles. The van der Waals surface area contributed by atoms with E-state index in [2.05, 4.69) is 9.97 Å². The number of aromatic amines is 1. The third-order valence-electron chi connectivity index (χ3n) is 2.77. The van der Waals surface area contributed by atoms with E-state index >= 15 is 0 Å². The standard InChI is InChI=1S/C13H13Cl2N3O.ClH/c14-10-2-1-8(3-11(10)15)4-13(19)12(16)5-9-6-17-7-18-9;/h1-3,6-7,12H,4-5,16H2,(H,17,18);1H/t12-;/m0./s1. The Balaban J connectivity index is 0.00000200. The van der Waals surface area contributed by atoms with Crippen molar-refractivity contribution in [3.63, 3.8) is 0 Å². The number of Topliss-reactive ketones (excluding diaryl/α,β-unsaturated/α-hetero) is 1. The molecule has 0 bridgehead atoms. The molecule has 4 nitrogen and oxygen atoms in total. The molecule has 3 N–H and O–H groups in total. The number of hydrogen-bond donors (Lipinski definition) is 2. The molecule has 1 aromatic carbocycles. The lowest BCUT2D eigenvalue weighted by molar-refractivity contribution is -0.119. The Hall–Kier alpha value is -1.07. The van der Waals surface area contributed by atoms with Crippen LogP contribution in [0.15, 0.2) is 30.7 Å². The number of carbonyl (C=O) groups is 1. The molecule has 0 aliphatic carbocycles. The van der Waals surface area contributed by atoms with Crippen LogP contribution in [0.2, 0.25) is 10.0 Å². The summed E-state index contributed by atoms with van der Waals surface area (Å²) >= 11 is 11.7. The van der Waals surface area contributed by atoms with Crippen LogP contribution in [0.25, 0.3) is 0 Å². The van der Waals surface area contributed by atoms with Gasteiger partial charge in [0.15, 0.2) is 5.78 Å². The molecule has 0 fully saturated rings. The van der Waals surface area contributed by atoms with Crippen LogP contribution in [0.5, 0.6) is 0 Å². The van der Waals surface area contributed by atoms with Crippen LogP contribution in [-0.4, -0.2) is 21.8 Å². The average Bonchev–Trinajstić information content (AvgIpc) is 2.86. The number of H-pyrrole nitrogens is 1. The highest BCUT2D eigenvalue weighted by Crippen LogP contribution is 2.23. The first kappa shape index (κ1) is 17.0. The summed E-state index contributed by atoms with van der Waals surface area (Å²) in [7, 11) is 0. The number of hydrogen-bond acceptors (Lipinski definition) is 3. The molecular weight excluding hydrogens is 321 g/mol. The Morgan fingerprint density at radius 2 is 2.10 bits per heavy atom. The van der Waals surface area contributed by atoms with E-state index in [0.717, 1.165) is 11.3 Å². The average molecular weight is 335 g/mol. The number of carbonyl (C=O) groups excluding carboxylic acids is 1. The fraction of sp³-hybridized carbons (Fsp3) is 0.231. The molecular formula is C13H14Cl3N3O. The highest BCUT2D eigenvalue weighted by molar-refractivity contribution is 6.42. The summed E-state index contributed by atoms with van der Waals surface area (Å²) in [6, 6.07) is 4.57. The van der Waals surface area contributed by atoms with Crippen LogP contribution < -0.4 is 5.73 Å². The second-order valence-corrected chi connectivity index (χ2v) is 5.09. The number of ketones is 1. The number of halogens is 3. The van der Waals surface area contributed by atoms with E-state index in [-0.39, 0.29) is 24.6 Å². The first-order valence-electron chi connectivity index (χ1n) is 5.75. The quantitative estimate of drug-likeness (QED) is 0.883. The van der Waals surface area contributed by atoms with Crippen LogP contribution in [0.3, 0.4) is 0 Å². The minimum atomic E-state index is -0.560. The highest BCUT2D eigenvalue weighted by atomic mass is 35.5. The first-order chi connectivity index (χ1) is 9.06. The summed E-state index contributed by atoms with van der Waals surface area (Å²) in [4.78, 5) is 18.8. The SMILES string of the molecule is Cl.N[C@@H](Cc1cnc[nH]1)C(=O)Cc1ccc(Cl)c(Cl)c1. The van der Waals surface area contributed by atoms with E-state index in [1.165, 1.54) is 0 Å². The molecule has 2 rings (SSSR count). The minimum Gasteiger partial charge on any atom is -0.348 e. The van der Waals surface area contributed by atoms with E-state index in [1.807, 2.05) is 0 Å². The summed E-state index contributed by atoms with van der Waals surface area (Å²) < 4.78 is 0. The molecule has 7 heteroatoms. The van der Waals surface area contributed by atoms with Gasteiger partial charge in [0.2, 0.25) is 0 Å². The zero-order valence-corrected chi connectivity index (χ0v) is 12.8. The topological polar surface area (TPSA) is 71.8 Å². The molecule has 2 aromatic rings. The third kappa shape index (κ3) is 4.49. The summed E-state index contributed by atoms with van der Waals surface area (Å²) in [5, 5.41) is 0.911. The van der Waals surface area contributed by atoms with Gasteiger partial charge in [0.05, 0.1) is 22.4 Å². The molecule has 0 amide bonds.